The fourth-order valence-corrected chi connectivity index (χ4v) is 3.24. The number of aliphatic imine (C=N–C) groups is 1. The van der Waals surface area contributed by atoms with Crippen molar-refractivity contribution in [2.75, 3.05) is 12.4 Å². The Morgan fingerprint density at radius 3 is 2.74 bits per heavy atom. The number of aryl methyl sites for hydroxylation is 1. The summed E-state index contributed by atoms with van der Waals surface area (Å²) in [5.41, 5.74) is 1.91. The van der Waals surface area contributed by atoms with Crippen LogP contribution in [0.25, 0.3) is 0 Å². The molecule has 1 aromatic heterocycles. The Balaban J connectivity index is 1.50. The van der Waals surface area contributed by atoms with Crippen LogP contribution >= 0.6 is 0 Å². The van der Waals surface area contributed by atoms with E-state index in [4.69, 9.17) is 0 Å². The molecule has 3 rings (SSSR count). The van der Waals surface area contributed by atoms with E-state index in [2.05, 4.69) is 31.0 Å². The molecule has 1 heterocycles. The number of amides is 1. The maximum absolute atomic E-state index is 12.3. The maximum atomic E-state index is 12.3. The maximum Gasteiger partial charge on any atom is 0.227 e. The van der Waals surface area contributed by atoms with Gasteiger partial charge < -0.3 is 16.0 Å². The van der Waals surface area contributed by atoms with Gasteiger partial charge in [0.05, 0.1) is 6.54 Å². The molecule has 1 aliphatic carbocycles. The summed E-state index contributed by atoms with van der Waals surface area (Å²) in [6, 6.07) is 7.90. The third kappa shape index (κ3) is 5.29. The minimum absolute atomic E-state index is 0.138. The van der Waals surface area contributed by atoms with Crippen molar-refractivity contribution in [2.45, 2.75) is 38.8 Å². The summed E-state index contributed by atoms with van der Waals surface area (Å²) >= 11 is 0. The van der Waals surface area contributed by atoms with E-state index in [1.165, 1.54) is 6.33 Å². The van der Waals surface area contributed by atoms with E-state index in [-0.39, 0.29) is 11.8 Å². The molecule has 0 spiro atoms. The quantitative estimate of drug-likeness (QED) is 0.533. The summed E-state index contributed by atoms with van der Waals surface area (Å²) in [4.78, 5) is 20.7. The number of anilines is 1. The van der Waals surface area contributed by atoms with Gasteiger partial charge in [-0.05, 0) is 30.5 Å². The first kappa shape index (κ1) is 18.9. The van der Waals surface area contributed by atoms with E-state index in [0.29, 0.717) is 19.0 Å². The van der Waals surface area contributed by atoms with Crippen molar-refractivity contribution in [3.8, 4) is 0 Å². The van der Waals surface area contributed by atoms with Crippen molar-refractivity contribution < 1.29 is 4.79 Å². The summed E-state index contributed by atoms with van der Waals surface area (Å²) in [6.45, 7) is 1.14. The van der Waals surface area contributed by atoms with E-state index in [1.54, 1.807) is 11.7 Å². The number of hydrogen-bond donors (Lipinski definition) is 3. The van der Waals surface area contributed by atoms with Gasteiger partial charge >= 0.3 is 0 Å². The average molecular weight is 369 g/mol. The van der Waals surface area contributed by atoms with Gasteiger partial charge in [-0.2, -0.15) is 5.10 Å². The molecular weight excluding hydrogens is 342 g/mol. The van der Waals surface area contributed by atoms with E-state index in [9.17, 15) is 4.79 Å². The number of benzene rings is 1. The molecule has 3 N–H and O–H groups in total. The molecule has 1 amide bonds. The largest absolute Gasteiger partial charge is 0.352 e. The van der Waals surface area contributed by atoms with Crippen LogP contribution in [0.2, 0.25) is 0 Å². The second-order valence-electron chi connectivity index (χ2n) is 6.75. The molecule has 0 unspecified atom stereocenters. The minimum atomic E-state index is 0.138. The molecular formula is C19H27N7O. The summed E-state index contributed by atoms with van der Waals surface area (Å²) in [5, 5.41) is 13.6. The molecule has 8 heteroatoms. The number of nitrogens with zero attached hydrogens (tertiary/aromatic N) is 4. The predicted molar refractivity (Wildman–Crippen MR) is 105 cm³/mol. The summed E-state index contributed by atoms with van der Waals surface area (Å²) in [6.07, 6.45) is 5.84. The van der Waals surface area contributed by atoms with Crippen LogP contribution < -0.4 is 16.0 Å². The molecule has 0 bridgehead atoms. The Morgan fingerprint density at radius 2 is 2.04 bits per heavy atom. The third-order valence-corrected chi connectivity index (χ3v) is 4.82. The zero-order chi connectivity index (χ0) is 19.1. The number of carbonyl (C=O) groups excluding carboxylic acids is 1. The van der Waals surface area contributed by atoms with Crippen LogP contribution in [0, 0.1) is 5.92 Å². The molecule has 0 atom stereocenters. The fourth-order valence-electron chi connectivity index (χ4n) is 3.24. The lowest BCUT2D eigenvalue weighted by Gasteiger charge is -2.13. The number of guanidine groups is 1. The first-order chi connectivity index (χ1) is 13.2. The molecule has 2 aromatic rings. The van der Waals surface area contributed by atoms with Crippen molar-refractivity contribution in [3.05, 3.63) is 42.0 Å². The van der Waals surface area contributed by atoms with Gasteiger partial charge in [0, 0.05) is 32.2 Å². The Morgan fingerprint density at radius 1 is 1.26 bits per heavy atom. The van der Waals surface area contributed by atoms with Crippen molar-refractivity contribution in [3.63, 3.8) is 0 Å². The van der Waals surface area contributed by atoms with Crippen LogP contribution in [0.1, 0.15) is 37.1 Å². The van der Waals surface area contributed by atoms with Crippen LogP contribution in [-0.2, 0) is 24.9 Å². The average Bonchev–Trinajstić information content (AvgIpc) is 3.34. The highest BCUT2D eigenvalue weighted by atomic mass is 16.1. The first-order valence-electron chi connectivity index (χ1n) is 9.33. The highest BCUT2D eigenvalue weighted by Gasteiger charge is 2.22. The van der Waals surface area contributed by atoms with Gasteiger partial charge in [0.15, 0.2) is 5.96 Å². The zero-order valence-corrected chi connectivity index (χ0v) is 15.9. The highest BCUT2D eigenvalue weighted by Crippen LogP contribution is 2.26. The van der Waals surface area contributed by atoms with Crippen LogP contribution in [0.15, 0.2) is 35.6 Å². The third-order valence-electron chi connectivity index (χ3n) is 4.82. The fraction of sp³-hybridized carbons (Fsp3) is 0.474. The normalized spacial score (nSPS) is 15.0. The van der Waals surface area contributed by atoms with Gasteiger partial charge in [0.25, 0.3) is 0 Å². The van der Waals surface area contributed by atoms with Crippen molar-refractivity contribution in [1.29, 1.82) is 0 Å². The summed E-state index contributed by atoms with van der Waals surface area (Å²) < 4.78 is 1.72. The van der Waals surface area contributed by atoms with Crippen LogP contribution in [0.4, 0.5) is 5.69 Å². The Labute approximate surface area is 159 Å². The molecule has 1 aliphatic rings. The number of carbonyl (C=O) groups is 1. The van der Waals surface area contributed by atoms with Crippen LogP contribution in [0.5, 0.6) is 0 Å². The number of hydrogen-bond acceptors (Lipinski definition) is 4. The Hall–Kier alpha value is -2.90. The number of aromatic nitrogens is 3. The monoisotopic (exact) mass is 369 g/mol. The smallest absolute Gasteiger partial charge is 0.227 e. The van der Waals surface area contributed by atoms with E-state index in [1.807, 2.05) is 31.3 Å². The summed E-state index contributed by atoms with van der Waals surface area (Å²) in [7, 11) is 3.58. The molecule has 8 nitrogen and oxygen atoms in total. The van der Waals surface area contributed by atoms with Gasteiger partial charge in [-0.3, -0.25) is 14.5 Å². The molecule has 1 aromatic carbocycles. The van der Waals surface area contributed by atoms with E-state index in [0.717, 1.165) is 42.8 Å². The molecule has 0 radical (unpaired) electrons. The lowest BCUT2D eigenvalue weighted by atomic mass is 10.1. The summed E-state index contributed by atoms with van der Waals surface area (Å²) in [5.74, 6) is 1.81. The molecule has 27 heavy (non-hydrogen) atoms. The minimum Gasteiger partial charge on any atom is -0.352 e. The first-order valence-corrected chi connectivity index (χ1v) is 9.33. The van der Waals surface area contributed by atoms with E-state index >= 15 is 0 Å². The number of rotatable bonds is 6. The second kappa shape index (κ2) is 9.16. The highest BCUT2D eigenvalue weighted by molar-refractivity contribution is 5.92. The van der Waals surface area contributed by atoms with Crippen molar-refractivity contribution in [2.24, 2.45) is 18.0 Å². The molecule has 1 saturated carbocycles. The van der Waals surface area contributed by atoms with E-state index < -0.39 is 0 Å². The molecule has 0 saturated heterocycles. The molecule has 1 fully saturated rings. The van der Waals surface area contributed by atoms with Gasteiger partial charge in [-0.15, -0.1) is 0 Å². The Bertz CT molecular complexity index is 793. The standard InChI is InChI=1S/C19H27N7O/c1-20-19(22-12-17-23-13-24-26(17)2)21-11-14-6-5-9-16(10-14)25-18(27)15-7-3-4-8-15/h5-6,9-10,13,15H,3-4,7-8,11-12H2,1-2H3,(H,25,27)(H2,20,21,22). The van der Waals surface area contributed by atoms with Crippen molar-refractivity contribution in [1.82, 2.24) is 25.4 Å². The lowest BCUT2D eigenvalue weighted by molar-refractivity contribution is -0.119. The zero-order valence-electron chi connectivity index (χ0n) is 15.9. The SMILES string of the molecule is CN=C(NCc1cccc(NC(=O)C2CCCC2)c1)NCc1ncnn1C. The number of nitrogens with one attached hydrogen (secondary N) is 3. The molecule has 0 aliphatic heterocycles. The Kier molecular flexibility index (Phi) is 6.40. The predicted octanol–water partition coefficient (Wildman–Crippen LogP) is 1.81. The van der Waals surface area contributed by atoms with Crippen LogP contribution in [0.3, 0.4) is 0 Å². The van der Waals surface area contributed by atoms with Gasteiger partial charge in [0.2, 0.25) is 5.91 Å². The van der Waals surface area contributed by atoms with Gasteiger partial charge in [0.1, 0.15) is 12.2 Å². The lowest BCUT2D eigenvalue weighted by Crippen LogP contribution is -2.37. The second-order valence-corrected chi connectivity index (χ2v) is 6.75. The molecule has 144 valence electrons. The topological polar surface area (TPSA) is 96.2 Å². The van der Waals surface area contributed by atoms with Crippen molar-refractivity contribution >= 4 is 17.6 Å². The van der Waals surface area contributed by atoms with Gasteiger partial charge in [-0.1, -0.05) is 25.0 Å². The van der Waals surface area contributed by atoms with Gasteiger partial charge in [-0.25, -0.2) is 4.98 Å². The van der Waals surface area contributed by atoms with Crippen LogP contribution in [-0.4, -0.2) is 33.7 Å².